The van der Waals surface area contributed by atoms with Gasteiger partial charge in [-0.15, -0.1) is 0 Å². The summed E-state index contributed by atoms with van der Waals surface area (Å²) < 4.78 is 0. The Kier molecular flexibility index (Phi) is 3.64. The Balaban J connectivity index is 2.90. The van der Waals surface area contributed by atoms with Crippen molar-refractivity contribution in [1.29, 1.82) is 0 Å². The smallest absolute Gasteiger partial charge is 0.122 e. The summed E-state index contributed by atoms with van der Waals surface area (Å²) in [5.74, 6) is 0.419. The van der Waals surface area contributed by atoms with Crippen LogP contribution in [0.5, 0.6) is 5.75 Å². The Hall–Kier alpha value is -1.76. The van der Waals surface area contributed by atoms with E-state index in [-0.39, 0.29) is 0 Å². The van der Waals surface area contributed by atoms with Crippen molar-refractivity contribution in [2.75, 3.05) is 0 Å². The first-order valence-electron chi connectivity index (χ1n) is 7.13. The Labute approximate surface area is 122 Å². The molecule has 0 heterocycles. The molecule has 0 unspecified atom stereocenters. The normalized spacial score (nSPS) is 10.9. The van der Waals surface area contributed by atoms with Crippen LogP contribution in [-0.4, -0.2) is 5.11 Å². The average molecular weight is 268 g/mol. The number of aryl methyl sites for hydroxylation is 4. The highest BCUT2D eigenvalue weighted by molar-refractivity contribution is 5.80. The molecule has 0 aliphatic rings. The van der Waals surface area contributed by atoms with E-state index < -0.39 is 0 Å². The van der Waals surface area contributed by atoms with Gasteiger partial charge in [-0.25, -0.2) is 0 Å². The molecule has 0 radical (unpaired) electrons. The second-order valence-electron chi connectivity index (χ2n) is 5.99. The van der Waals surface area contributed by atoms with Crippen LogP contribution < -0.4 is 0 Å². The van der Waals surface area contributed by atoms with Crippen molar-refractivity contribution in [3.63, 3.8) is 0 Å². The first-order valence-corrected chi connectivity index (χ1v) is 7.13. The van der Waals surface area contributed by atoms with Crippen molar-refractivity contribution in [1.82, 2.24) is 0 Å². The predicted octanol–water partition coefficient (Wildman–Crippen LogP) is 5.22. The van der Waals surface area contributed by atoms with E-state index in [1.165, 1.54) is 38.9 Å². The minimum absolute atomic E-state index is 0.419. The van der Waals surface area contributed by atoms with Crippen molar-refractivity contribution in [2.45, 2.75) is 48.5 Å². The van der Waals surface area contributed by atoms with Crippen LogP contribution in [0.4, 0.5) is 0 Å². The number of rotatable bonds is 1. The molecule has 1 heteroatoms. The monoisotopic (exact) mass is 268 g/mol. The van der Waals surface area contributed by atoms with Gasteiger partial charge in [-0.1, -0.05) is 12.1 Å². The van der Waals surface area contributed by atoms with Crippen LogP contribution >= 0.6 is 0 Å². The topological polar surface area (TPSA) is 20.2 Å². The number of phenols is 1. The summed E-state index contributed by atoms with van der Waals surface area (Å²) in [4.78, 5) is 0. The molecule has 0 amide bonds. The van der Waals surface area contributed by atoms with Crippen LogP contribution in [0.15, 0.2) is 12.1 Å². The molecule has 0 saturated heterocycles. The first-order chi connectivity index (χ1) is 9.25. The zero-order chi connectivity index (χ0) is 15.2. The van der Waals surface area contributed by atoms with Crippen molar-refractivity contribution in [2.24, 2.45) is 0 Å². The maximum Gasteiger partial charge on any atom is 0.122 e. The predicted molar refractivity (Wildman–Crippen MR) is 86.7 cm³/mol. The molecule has 2 aromatic carbocycles. The number of benzene rings is 2. The fourth-order valence-corrected chi connectivity index (χ4v) is 3.23. The van der Waals surface area contributed by atoms with Crippen LogP contribution in [0, 0.1) is 48.5 Å². The molecule has 106 valence electrons. The lowest BCUT2D eigenvalue weighted by Gasteiger charge is -2.20. The highest BCUT2D eigenvalue weighted by Crippen LogP contribution is 2.39. The largest absolute Gasteiger partial charge is 0.507 e. The second kappa shape index (κ2) is 4.97. The summed E-state index contributed by atoms with van der Waals surface area (Å²) in [7, 11) is 0. The fraction of sp³-hybridized carbons (Fsp3) is 0.368. The van der Waals surface area contributed by atoms with E-state index in [1.807, 2.05) is 13.8 Å². The third kappa shape index (κ3) is 2.11. The number of aromatic hydroxyl groups is 1. The highest BCUT2D eigenvalue weighted by atomic mass is 16.3. The number of hydrogen-bond donors (Lipinski definition) is 1. The van der Waals surface area contributed by atoms with Gasteiger partial charge in [0.1, 0.15) is 5.75 Å². The minimum atomic E-state index is 0.419. The van der Waals surface area contributed by atoms with Gasteiger partial charge in [0.15, 0.2) is 0 Å². The van der Waals surface area contributed by atoms with Crippen LogP contribution in [0.25, 0.3) is 11.1 Å². The van der Waals surface area contributed by atoms with Crippen molar-refractivity contribution < 1.29 is 5.11 Å². The molecule has 0 bridgehead atoms. The molecule has 2 rings (SSSR count). The number of hydrogen-bond acceptors (Lipinski definition) is 1. The molecular weight excluding hydrogens is 244 g/mol. The third-order valence-corrected chi connectivity index (χ3v) is 4.54. The maximum atomic E-state index is 10.3. The lowest BCUT2D eigenvalue weighted by Crippen LogP contribution is -1.99. The van der Waals surface area contributed by atoms with Crippen molar-refractivity contribution in [3.8, 4) is 16.9 Å². The minimum Gasteiger partial charge on any atom is -0.507 e. The van der Waals surface area contributed by atoms with Crippen molar-refractivity contribution >= 4 is 0 Å². The lowest BCUT2D eigenvalue weighted by molar-refractivity contribution is 0.467. The van der Waals surface area contributed by atoms with Gasteiger partial charge in [-0.2, -0.15) is 0 Å². The van der Waals surface area contributed by atoms with Gasteiger partial charge in [-0.3, -0.25) is 0 Å². The van der Waals surface area contributed by atoms with E-state index in [9.17, 15) is 5.11 Å². The molecule has 1 nitrogen and oxygen atoms in total. The van der Waals surface area contributed by atoms with Gasteiger partial charge in [-0.05, 0) is 98.5 Å². The zero-order valence-electron chi connectivity index (χ0n) is 13.6. The van der Waals surface area contributed by atoms with Crippen LogP contribution in [0.3, 0.4) is 0 Å². The Morgan fingerprint density at radius 3 is 1.55 bits per heavy atom. The molecule has 2 aromatic rings. The molecule has 0 aliphatic heterocycles. The molecule has 0 fully saturated rings. The summed E-state index contributed by atoms with van der Waals surface area (Å²) in [5, 5.41) is 10.3. The third-order valence-electron chi connectivity index (χ3n) is 4.54. The van der Waals surface area contributed by atoms with Crippen LogP contribution in [0.2, 0.25) is 0 Å². The van der Waals surface area contributed by atoms with Crippen molar-refractivity contribution in [3.05, 3.63) is 51.1 Å². The molecular formula is C19H24O. The van der Waals surface area contributed by atoms with E-state index in [0.29, 0.717) is 5.75 Å². The summed E-state index contributed by atoms with van der Waals surface area (Å²) in [6.07, 6.45) is 0. The van der Waals surface area contributed by atoms with Gasteiger partial charge in [0.25, 0.3) is 0 Å². The molecule has 0 spiro atoms. The van der Waals surface area contributed by atoms with Gasteiger partial charge in [0.2, 0.25) is 0 Å². The van der Waals surface area contributed by atoms with E-state index in [2.05, 4.69) is 46.8 Å². The zero-order valence-corrected chi connectivity index (χ0v) is 13.6. The molecule has 0 aliphatic carbocycles. The highest BCUT2D eigenvalue weighted by Gasteiger charge is 2.17. The van der Waals surface area contributed by atoms with Crippen LogP contribution in [-0.2, 0) is 0 Å². The molecule has 20 heavy (non-hydrogen) atoms. The summed E-state index contributed by atoms with van der Waals surface area (Å²) >= 11 is 0. The second-order valence-corrected chi connectivity index (χ2v) is 5.99. The Morgan fingerprint density at radius 1 is 0.550 bits per heavy atom. The van der Waals surface area contributed by atoms with E-state index in [1.54, 1.807) is 0 Å². The molecule has 0 aromatic heterocycles. The lowest BCUT2D eigenvalue weighted by atomic mass is 9.85. The van der Waals surface area contributed by atoms with Gasteiger partial charge < -0.3 is 5.11 Å². The average Bonchev–Trinajstić information content (AvgIpc) is 2.37. The Bertz CT molecular complexity index is 632. The molecule has 1 N–H and O–H groups in total. The molecule has 0 atom stereocenters. The van der Waals surface area contributed by atoms with E-state index >= 15 is 0 Å². The standard InChI is InChI=1S/C19H24O/c1-10-8-11(2)17(15(6)14(10)5)18-12(3)9-13(4)19(20)16(18)7/h8-9,20H,1-7H3. The first kappa shape index (κ1) is 14.6. The number of phenolic OH excluding ortho intramolecular Hbond substituents is 1. The quantitative estimate of drug-likeness (QED) is 0.752. The maximum absolute atomic E-state index is 10.3. The van der Waals surface area contributed by atoms with Gasteiger partial charge >= 0.3 is 0 Å². The molecule has 0 saturated carbocycles. The van der Waals surface area contributed by atoms with E-state index in [0.717, 1.165) is 11.1 Å². The van der Waals surface area contributed by atoms with Crippen LogP contribution in [0.1, 0.15) is 38.9 Å². The summed E-state index contributed by atoms with van der Waals surface area (Å²) in [6, 6.07) is 4.32. The summed E-state index contributed by atoms with van der Waals surface area (Å²) in [5.41, 5.74) is 10.9. The van der Waals surface area contributed by atoms with Gasteiger partial charge in [0.05, 0.1) is 0 Å². The fourth-order valence-electron chi connectivity index (χ4n) is 3.23. The summed E-state index contributed by atoms with van der Waals surface area (Å²) in [6.45, 7) is 14.8. The van der Waals surface area contributed by atoms with Gasteiger partial charge in [0, 0.05) is 0 Å². The SMILES string of the molecule is Cc1cc(C)c(-c2c(C)cc(C)c(O)c2C)c(C)c1C. The van der Waals surface area contributed by atoms with E-state index in [4.69, 9.17) is 0 Å². The Morgan fingerprint density at radius 2 is 1.00 bits per heavy atom.